The van der Waals surface area contributed by atoms with E-state index in [9.17, 15) is 4.79 Å². The quantitative estimate of drug-likeness (QED) is 0.282. The van der Waals surface area contributed by atoms with E-state index in [1.807, 2.05) is 5.43 Å². The second kappa shape index (κ2) is 7.11. The summed E-state index contributed by atoms with van der Waals surface area (Å²) in [6.07, 6.45) is 1.58. The highest BCUT2D eigenvalue weighted by atomic mass is 35.5. The number of carbonyl (C=O) groups excluding carboxylic acids is 1. The van der Waals surface area contributed by atoms with Crippen molar-refractivity contribution in [2.75, 3.05) is 6.61 Å². The van der Waals surface area contributed by atoms with Crippen molar-refractivity contribution in [1.29, 1.82) is 0 Å². The van der Waals surface area contributed by atoms with Crippen molar-refractivity contribution in [3.63, 3.8) is 0 Å². The summed E-state index contributed by atoms with van der Waals surface area (Å²) in [5, 5.41) is 4.69. The van der Waals surface area contributed by atoms with Crippen LogP contribution in [0.3, 0.4) is 0 Å². The fourth-order valence-electron chi connectivity index (χ4n) is 0.963. The molecule has 0 bridgehead atoms. The number of hydrogen-bond acceptors (Lipinski definition) is 4. The van der Waals surface area contributed by atoms with Gasteiger partial charge in [0, 0.05) is 10.6 Å². The molecule has 0 spiro atoms. The van der Waals surface area contributed by atoms with Crippen LogP contribution in [-0.2, 0) is 9.63 Å². The largest absolute Gasteiger partial charge is 0.395 e. The maximum absolute atomic E-state index is 10.7. The highest BCUT2D eigenvalue weighted by molar-refractivity contribution is 6.36. The molecule has 0 aliphatic heterocycles. The van der Waals surface area contributed by atoms with Crippen LogP contribution >= 0.6 is 23.2 Å². The molecule has 0 unspecified atom stereocenters. The molecule has 0 fully saturated rings. The van der Waals surface area contributed by atoms with E-state index in [0.29, 0.717) is 15.6 Å². The number of amides is 1. The Morgan fingerprint density at radius 2 is 2.29 bits per heavy atom. The fraction of sp³-hybridized carbons (Fsp3) is 0.200. The lowest BCUT2D eigenvalue weighted by atomic mass is 10.2. The number of benzene rings is 1. The van der Waals surface area contributed by atoms with Crippen LogP contribution in [0.15, 0.2) is 23.4 Å². The average Bonchev–Trinajstić information content (AvgIpc) is 2.30. The van der Waals surface area contributed by atoms with Crippen LogP contribution < -0.4 is 11.3 Å². The van der Waals surface area contributed by atoms with Gasteiger partial charge in [-0.25, -0.2) is 5.84 Å². The van der Waals surface area contributed by atoms with Gasteiger partial charge in [-0.15, -0.1) is 0 Å². The van der Waals surface area contributed by atoms with E-state index >= 15 is 0 Å². The summed E-state index contributed by atoms with van der Waals surface area (Å²) >= 11 is 11.6. The van der Waals surface area contributed by atoms with Gasteiger partial charge in [-0.1, -0.05) is 34.4 Å². The Morgan fingerprint density at radius 3 is 2.94 bits per heavy atom. The van der Waals surface area contributed by atoms with Gasteiger partial charge in [0.15, 0.2) is 0 Å². The predicted molar refractivity (Wildman–Crippen MR) is 67.0 cm³/mol. The lowest BCUT2D eigenvalue weighted by Crippen LogP contribution is -2.30. The molecule has 0 atom stereocenters. The maximum atomic E-state index is 10.7. The average molecular weight is 276 g/mol. The van der Waals surface area contributed by atoms with E-state index in [0.717, 1.165) is 0 Å². The van der Waals surface area contributed by atoms with Crippen LogP contribution in [0.2, 0.25) is 10.0 Å². The van der Waals surface area contributed by atoms with Gasteiger partial charge in [0.2, 0.25) is 5.91 Å². The highest BCUT2D eigenvalue weighted by Gasteiger charge is 1.99. The number of hydrazine groups is 1. The Labute approximate surface area is 108 Å². The first kappa shape index (κ1) is 13.8. The molecular formula is C10H11Cl2N3O2. The molecule has 92 valence electrons. The van der Waals surface area contributed by atoms with Gasteiger partial charge in [-0.05, 0) is 12.1 Å². The van der Waals surface area contributed by atoms with E-state index in [1.54, 1.807) is 18.2 Å². The first-order valence-corrected chi connectivity index (χ1v) is 5.49. The van der Waals surface area contributed by atoms with Crippen LogP contribution in [0.25, 0.3) is 0 Å². The minimum atomic E-state index is -0.315. The van der Waals surface area contributed by atoms with Crippen LogP contribution in [0, 0.1) is 0 Å². The molecule has 0 heterocycles. The van der Waals surface area contributed by atoms with E-state index in [2.05, 4.69) is 5.16 Å². The SMILES string of the molecule is NNC(=O)CCO/N=C/c1ccc(Cl)cc1Cl. The number of nitrogens with one attached hydrogen (secondary N) is 1. The molecule has 1 rings (SSSR count). The van der Waals surface area contributed by atoms with Gasteiger partial charge in [0.25, 0.3) is 0 Å². The summed E-state index contributed by atoms with van der Waals surface area (Å²) in [4.78, 5) is 15.6. The minimum absolute atomic E-state index is 0.141. The summed E-state index contributed by atoms with van der Waals surface area (Å²) in [5.74, 6) is 4.57. The molecule has 7 heteroatoms. The Hall–Kier alpha value is -1.30. The molecule has 1 aromatic rings. The standard InChI is InChI=1S/C10H11Cl2N3O2/c11-8-2-1-7(9(12)5-8)6-14-17-4-3-10(16)15-13/h1-2,5-6H,3-4,13H2,(H,15,16)/b14-6+. The maximum Gasteiger partial charge on any atom is 0.237 e. The van der Waals surface area contributed by atoms with Gasteiger partial charge >= 0.3 is 0 Å². The molecular weight excluding hydrogens is 265 g/mol. The van der Waals surface area contributed by atoms with E-state index < -0.39 is 0 Å². The number of nitrogens with two attached hydrogens (primary N) is 1. The van der Waals surface area contributed by atoms with Gasteiger partial charge in [0.05, 0.1) is 17.7 Å². The Morgan fingerprint density at radius 1 is 1.53 bits per heavy atom. The van der Waals surface area contributed by atoms with Crippen LogP contribution in [0.1, 0.15) is 12.0 Å². The number of oxime groups is 1. The zero-order chi connectivity index (χ0) is 12.7. The Kier molecular flexibility index (Phi) is 5.76. The first-order chi connectivity index (χ1) is 8.13. The van der Waals surface area contributed by atoms with Gasteiger partial charge < -0.3 is 4.84 Å². The Bertz CT molecular complexity index is 424. The third-order valence-corrected chi connectivity index (χ3v) is 2.37. The number of carbonyl (C=O) groups is 1. The molecule has 0 saturated heterocycles. The van der Waals surface area contributed by atoms with E-state index in [1.165, 1.54) is 6.21 Å². The summed E-state index contributed by atoms with van der Waals surface area (Å²) in [6, 6.07) is 5.01. The van der Waals surface area contributed by atoms with Gasteiger partial charge in [-0.2, -0.15) is 0 Å². The fourth-order valence-corrected chi connectivity index (χ4v) is 1.42. The molecule has 5 nitrogen and oxygen atoms in total. The second-order valence-electron chi connectivity index (χ2n) is 3.05. The predicted octanol–water partition coefficient (Wildman–Crippen LogP) is 1.72. The third kappa shape index (κ3) is 5.04. The van der Waals surface area contributed by atoms with Gasteiger partial charge in [0.1, 0.15) is 6.61 Å². The summed E-state index contributed by atoms with van der Waals surface area (Å²) in [7, 11) is 0. The zero-order valence-electron chi connectivity index (χ0n) is 8.82. The number of nitrogens with zero attached hydrogens (tertiary/aromatic N) is 1. The molecule has 0 radical (unpaired) electrons. The molecule has 3 N–H and O–H groups in total. The van der Waals surface area contributed by atoms with Crippen molar-refractivity contribution in [2.24, 2.45) is 11.0 Å². The molecule has 17 heavy (non-hydrogen) atoms. The van der Waals surface area contributed by atoms with E-state index in [-0.39, 0.29) is 18.9 Å². The number of hydrogen-bond donors (Lipinski definition) is 2. The smallest absolute Gasteiger partial charge is 0.237 e. The molecule has 1 aromatic carbocycles. The van der Waals surface area contributed by atoms with Crippen molar-refractivity contribution in [3.8, 4) is 0 Å². The van der Waals surface area contributed by atoms with E-state index in [4.69, 9.17) is 33.9 Å². The lowest BCUT2D eigenvalue weighted by Gasteiger charge is -1.99. The molecule has 0 aliphatic carbocycles. The molecule has 1 amide bonds. The minimum Gasteiger partial charge on any atom is -0.395 e. The van der Waals surface area contributed by atoms with Crippen LogP contribution in [0.5, 0.6) is 0 Å². The van der Waals surface area contributed by atoms with Crippen molar-refractivity contribution in [1.82, 2.24) is 5.43 Å². The number of rotatable bonds is 5. The van der Waals surface area contributed by atoms with Crippen LogP contribution in [0.4, 0.5) is 0 Å². The van der Waals surface area contributed by atoms with Crippen molar-refractivity contribution < 1.29 is 9.63 Å². The van der Waals surface area contributed by atoms with Crippen LogP contribution in [-0.4, -0.2) is 18.7 Å². The van der Waals surface area contributed by atoms with Crippen molar-refractivity contribution >= 4 is 35.3 Å². The summed E-state index contributed by atoms with van der Waals surface area (Å²) in [6.45, 7) is 0.144. The number of halogens is 2. The van der Waals surface area contributed by atoms with Gasteiger partial charge in [-0.3, -0.25) is 10.2 Å². The van der Waals surface area contributed by atoms with Crippen molar-refractivity contribution in [3.05, 3.63) is 33.8 Å². The lowest BCUT2D eigenvalue weighted by molar-refractivity contribution is -0.122. The topological polar surface area (TPSA) is 76.7 Å². The second-order valence-corrected chi connectivity index (χ2v) is 3.89. The molecule has 0 aromatic heterocycles. The first-order valence-electron chi connectivity index (χ1n) is 4.73. The molecule has 0 aliphatic rings. The summed E-state index contributed by atoms with van der Waals surface area (Å²) in [5.41, 5.74) is 2.66. The molecule has 0 saturated carbocycles. The Balaban J connectivity index is 2.40. The third-order valence-electron chi connectivity index (χ3n) is 1.81. The normalized spacial score (nSPS) is 10.5. The zero-order valence-corrected chi connectivity index (χ0v) is 10.3. The monoisotopic (exact) mass is 275 g/mol. The summed E-state index contributed by atoms with van der Waals surface area (Å²) < 4.78 is 0. The van der Waals surface area contributed by atoms with Crippen molar-refractivity contribution in [2.45, 2.75) is 6.42 Å². The highest BCUT2D eigenvalue weighted by Crippen LogP contribution is 2.19.